The van der Waals surface area contributed by atoms with E-state index in [0.29, 0.717) is 10.0 Å². The fourth-order valence-corrected chi connectivity index (χ4v) is 3.98. The number of nitrogens with one attached hydrogen (secondary N) is 2. The van der Waals surface area contributed by atoms with Crippen molar-refractivity contribution in [2.75, 3.05) is 5.32 Å². The normalized spacial score (nSPS) is 10.5. The summed E-state index contributed by atoms with van der Waals surface area (Å²) in [5.41, 5.74) is 0.0207. The van der Waals surface area contributed by atoms with Crippen LogP contribution in [0.5, 0.6) is 0 Å². The van der Waals surface area contributed by atoms with Gasteiger partial charge in [0, 0.05) is 16.0 Å². The molecule has 0 aliphatic heterocycles. The molecule has 0 bridgehead atoms. The van der Waals surface area contributed by atoms with Crippen molar-refractivity contribution in [1.82, 2.24) is 10.3 Å². The van der Waals surface area contributed by atoms with Crippen LogP contribution in [0.25, 0.3) is 0 Å². The van der Waals surface area contributed by atoms with Crippen LogP contribution in [0.2, 0.25) is 20.1 Å². The van der Waals surface area contributed by atoms with Gasteiger partial charge in [0.1, 0.15) is 5.82 Å². The average molecular weight is 487 g/mol. The van der Waals surface area contributed by atoms with Gasteiger partial charge in [-0.15, -0.1) is 0 Å². The number of hydrogen-bond donors (Lipinski definition) is 2. The minimum Gasteiger partial charge on any atom is -0.292 e. The quantitative estimate of drug-likeness (QED) is 0.425. The maximum Gasteiger partial charge on any atom is 0.327 e. The fourth-order valence-electron chi connectivity index (χ4n) is 2.22. The van der Waals surface area contributed by atoms with E-state index in [1.165, 1.54) is 23.9 Å². The second-order valence-electron chi connectivity index (χ2n) is 5.56. The van der Waals surface area contributed by atoms with E-state index in [1.807, 2.05) is 6.07 Å². The van der Waals surface area contributed by atoms with Crippen molar-refractivity contribution in [3.63, 3.8) is 0 Å². The fraction of sp³-hybridized carbons (Fsp3) is 0. The number of benzene rings is 2. The third kappa shape index (κ3) is 5.78. The van der Waals surface area contributed by atoms with Crippen molar-refractivity contribution in [2.45, 2.75) is 9.79 Å². The summed E-state index contributed by atoms with van der Waals surface area (Å²) in [5, 5.41) is 5.86. The molecule has 0 atom stereocenters. The van der Waals surface area contributed by atoms with Gasteiger partial charge in [-0.1, -0.05) is 64.2 Å². The van der Waals surface area contributed by atoms with E-state index in [9.17, 15) is 9.59 Å². The summed E-state index contributed by atoms with van der Waals surface area (Å²) in [6, 6.07) is 12.5. The Bertz CT molecular complexity index is 1060. The summed E-state index contributed by atoms with van der Waals surface area (Å²) in [6.45, 7) is 0. The lowest BCUT2D eigenvalue weighted by molar-refractivity contribution is 0.0967. The van der Waals surface area contributed by atoms with Gasteiger partial charge >= 0.3 is 6.03 Å². The molecule has 1 aromatic heterocycles. The first-order valence-corrected chi connectivity index (χ1v) is 10.3. The van der Waals surface area contributed by atoms with Gasteiger partial charge in [-0.05, 0) is 42.5 Å². The number of pyridine rings is 1. The van der Waals surface area contributed by atoms with Crippen molar-refractivity contribution < 1.29 is 9.59 Å². The van der Waals surface area contributed by atoms with Crippen LogP contribution < -0.4 is 10.6 Å². The number of hydrogen-bond acceptors (Lipinski definition) is 4. The van der Waals surface area contributed by atoms with E-state index in [1.54, 1.807) is 36.5 Å². The lowest BCUT2D eigenvalue weighted by Crippen LogP contribution is -2.34. The smallest absolute Gasteiger partial charge is 0.292 e. The van der Waals surface area contributed by atoms with E-state index in [2.05, 4.69) is 15.6 Å². The first-order valence-electron chi connectivity index (χ1n) is 7.99. The zero-order valence-electron chi connectivity index (χ0n) is 14.4. The SMILES string of the molecule is O=C(NC(=O)c1c(Cl)cccc1Cl)Nc1ccc(Sc2ccc(Cl)c(Cl)c2)cn1. The summed E-state index contributed by atoms with van der Waals surface area (Å²) < 4.78 is 0. The molecule has 5 nitrogen and oxygen atoms in total. The van der Waals surface area contributed by atoms with Gasteiger partial charge in [0.15, 0.2) is 0 Å². The molecule has 2 aromatic carbocycles. The largest absolute Gasteiger partial charge is 0.327 e. The van der Waals surface area contributed by atoms with E-state index in [0.717, 1.165) is 9.79 Å². The second-order valence-corrected chi connectivity index (χ2v) is 8.34. The molecule has 0 radical (unpaired) electrons. The number of carbonyl (C=O) groups excluding carboxylic acids is 2. The number of rotatable bonds is 4. The van der Waals surface area contributed by atoms with Crippen LogP contribution in [-0.2, 0) is 0 Å². The monoisotopic (exact) mass is 485 g/mol. The minimum atomic E-state index is -0.761. The summed E-state index contributed by atoms with van der Waals surface area (Å²) in [7, 11) is 0. The Balaban J connectivity index is 1.61. The van der Waals surface area contributed by atoms with Crippen LogP contribution in [0.15, 0.2) is 64.5 Å². The molecule has 3 rings (SSSR count). The molecule has 0 aliphatic carbocycles. The van der Waals surface area contributed by atoms with Crippen LogP contribution in [0, 0.1) is 0 Å². The highest BCUT2D eigenvalue weighted by molar-refractivity contribution is 7.99. The number of halogens is 4. The van der Waals surface area contributed by atoms with E-state index < -0.39 is 11.9 Å². The summed E-state index contributed by atoms with van der Waals surface area (Å²) >= 11 is 25.3. The maximum absolute atomic E-state index is 12.2. The van der Waals surface area contributed by atoms with Crippen LogP contribution >= 0.6 is 58.2 Å². The Morgan fingerprint density at radius 3 is 2.14 bits per heavy atom. The lowest BCUT2D eigenvalue weighted by Gasteiger charge is -2.09. The summed E-state index contributed by atoms with van der Waals surface area (Å²) in [4.78, 5) is 30.1. The van der Waals surface area contributed by atoms with Crippen molar-refractivity contribution in [2.24, 2.45) is 0 Å². The molecule has 0 fully saturated rings. The van der Waals surface area contributed by atoms with Gasteiger partial charge in [0.25, 0.3) is 5.91 Å². The van der Waals surface area contributed by atoms with Gasteiger partial charge in [0.2, 0.25) is 0 Å². The highest BCUT2D eigenvalue weighted by Gasteiger charge is 2.17. The topological polar surface area (TPSA) is 71.1 Å². The van der Waals surface area contributed by atoms with E-state index in [-0.39, 0.29) is 21.4 Å². The van der Waals surface area contributed by atoms with Crippen LogP contribution in [0.1, 0.15) is 10.4 Å². The van der Waals surface area contributed by atoms with Crippen molar-refractivity contribution in [3.05, 3.63) is 80.4 Å². The number of nitrogens with zero attached hydrogens (tertiary/aromatic N) is 1. The molecule has 1 heterocycles. The third-order valence-corrected chi connectivity index (χ3v) is 5.86. The molecular weight excluding hydrogens is 476 g/mol. The number of aromatic nitrogens is 1. The predicted octanol–water partition coefficient (Wildman–Crippen LogP) is 6.81. The molecule has 2 N–H and O–H groups in total. The average Bonchev–Trinajstić information content (AvgIpc) is 2.66. The van der Waals surface area contributed by atoms with Crippen molar-refractivity contribution in [3.8, 4) is 0 Å². The Kier molecular flexibility index (Phi) is 7.27. The minimum absolute atomic E-state index is 0.0207. The van der Waals surface area contributed by atoms with E-state index in [4.69, 9.17) is 46.4 Å². The Labute approximate surface area is 190 Å². The second kappa shape index (κ2) is 9.69. The lowest BCUT2D eigenvalue weighted by atomic mass is 10.2. The zero-order chi connectivity index (χ0) is 21.0. The predicted molar refractivity (Wildman–Crippen MR) is 118 cm³/mol. The maximum atomic E-state index is 12.2. The number of carbonyl (C=O) groups is 2. The molecule has 0 saturated carbocycles. The highest BCUT2D eigenvalue weighted by Crippen LogP contribution is 2.32. The number of urea groups is 1. The van der Waals surface area contributed by atoms with Gasteiger partial charge in [-0.2, -0.15) is 0 Å². The Hall–Kier alpha value is -1.96. The highest BCUT2D eigenvalue weighted by atomic mass is 35.5. The van der Waals surface area contributed by atoms with Crippen molar-refractivity contribution >= 4 is 75.9 Å². The van der Waals surface area contributed by atoms with Crippen LogP contribution in [-0.4, -0.2) is 16.9 Å². The standard InChI is InChI=1S/C19H11Cl4N3O2S/c20-12-6-4-10(8-15(12)23)29-11-5-7-16(24-9-11)25-19(28)26-18(27)17-13(21)2-1-3-14(17)22/h1-9H,(H2,24,25,26,27,28). The number of anilines is 1. The molecule has 10 heteroatoms. The molecule has 148 valence electrons. The summed E-state index contributed by atoms with van der Waals surface area (Å²) in [6.07, 6.45) is 1.58. The van der Waals surface area contributed by atoms with Crippen LogP contribution in [0.4, 0.5) is 10.6 Å². The van der Waals surface area contributed by atoms with Gasteiger partial charge in [-0.25, -0.2) is 9.78 Å². The Morgan fingerprint density at radius 2 is 1.52 bits per heavy atom. The Morgan fingerprint density at radius 1 is 0.828 bits per heavy atom. The van der Waals surface area contributed by atoms with E-state index >= 15 is 0 Å². The molecule has 29 heavy (non-hydrogen) atoms. The number of amides is 3. The molecule has 0 saturated heterocycles. The molecular formula is C19H11Cl4N3O2S. The molecule has 3 amide bonds. The summed E-state index contributed by atoms with van der Waals surface area (Å²) in [5.74, 6) is -0.455. The first kappa shape index (κ1) is 21.7. The molecule has 0 aliphatic rings. The number of imide groups is 1. The third-order valence-electron chi connectivity index (χ3n) is 3.52. The molecule has 0 unspecified atom stereocenters. The zero-order valence-corrected chi connectivity index (χ0v) is 18.2. The van der Waals surface area contributed by atoms with Crippen LogP contribution in [0.3, 0.4) is 0 Å². The molecule has 0 spiro atoms. The van der Waals surface area contributed by atoms with Gasteiger partial charge in [0.05, 0.1) is 25.7 Å². The first-order chi connectivity index (χ1) is 13.8. The molecule has 3 aromatic rings. The van der Waals surface area contributed by atoms with Crippen molar-refractivity contribution in [1.29, 1.82) is 0 Å². The van der Waals surface area contributed by atoms with Gasteiger partial charge < -0.3 is 0 Å². The van der Waals surface area contributed by atoms with Gasteiger partial charge in [-0.3, -0.25) is 15.4 Å².